The first-order chi connectivity index (χ1) is 11.7. The van der Waals surface area contributed by atoms with E-state index in [-0.39, 0.29) is 0 Å². The SMILES string of the molecule is COc1cccc(Nc2cnc(OCc3ccccc3)c(Br)c2)c1. The van der Waals surface area contributed by atoms with Crippen molar-refractivity contribution in [3.8, 4) is 11.6 Å². The zero-order valence-corrected chi connectivity index (χ0v) is 14.8. The first-order valence-electron chi connectivity index (χ1n) is 7.48. The van der Waals surface area contributed by atoms with Crippen LogP contribution in [-0.4, -0.2) is 12.1 Å². The fourth-order valence-electron chi connectivity index (χ4n) is 2.19. The van der Waals surface area contributed by atoms with Crippen LogP contribution < -0.4 is 14.8 Å². The Morgan fingerprint density at radius 1 is 1.00 bits per heavy atom. The number of pyridine rings is 1. The fourth-order valence-corrected chi connectivity index (χ4v) is 2.66. The Hall–Kier alpha value is -2.53. The van der Waals surface area contributed by atoms with Crippen molar-refractivity contribution in [1.29, 1.82) is 0 Å². The molecule has 0 bridgehead atoms. The molecule has 0 saturated heterocycles. The van der Waals surface area contributed by atoms with Crippen molar-refractivity contribution >= 4 is 27.3 Å². The van der Waals surface area contributed by atoms with Crippen molar-refractivity contribution in [2.45, 2.75) is 6.61 Å². The van der Waals surface area contributed by atoms with Crippen LogP contribution in [0.3, 0.4) is 0 Å². The predicted molar refractivity (Wildman–Crippen MR) is 99.0 cm³/mol. The molecule has 0 aliphatic carbocycles. The van der Waals surface area contributed by atoms with Gasteiger partial charge in [-0.3, -0.25) is 0 Å². The Kier molecular flexibility index (Phi) is 5.33. The van der Waals surface area contributed by atoms with Gasteiger partial charge in [-0.2, -0.15) is 0 Å². The van der Waals surface area contributed by atoms with Crippen LogP contribution in [0.5, 0.6) is 11.6 Å². The lowest BCUT2D eigenvalue weighted by Crippen LogP contribution is -1.99. The highest BCUT2D eigenvalue weighted by Gasteiger charge is 2.06. The second kappa shape index (κ2) is 7.84. The average Bonchev–Trinajstić information content (AvgIpc) is 2.62. The summed E-state index contributed by atoms with van der Waals surface area (Å²) in [6.07, 6.45) is 1.74. The Morgan fingerprint density at radius 3 is 2.58 bits per heavy atom. The van der Waals surface area contributed by atoms with E-state index in [1.807, 2.05) is 60.7 Å². The van der Waals surface area contributed by atoms with Crippen LogP contribution in [0, 0.1) is 0 Å². The number of methoxy groups -OCH3 is 1. The minimum Gasteiger partial charge on any atom is -0.497 e. The number of hydrogen-bond donors (Lipinski definition) is 1. The molecule has 1 N–H and O–H groups in total. The monoisotopic (exact) mass is 384 g/mol. The number of hydrogen-bond acceptors (Lipinski definition) is 4. The molecule has 24 heavy (non-hydrogen) atoms. The Bertz CT molecular complexity index is 809. The standard InChI is InChI=1S/C19H17BrN2O2/c1-23-17-9-5-8-15(10-17)22-16-11-18(20)19(21-12-16)24-13-14-6-3-2-4-7-14/h2-12,22H,13H2,1H3. The predicted octanol–water partition coefficient (Wildman–Crippen LogP) is 5.18. The van der Waals surface area contributed by atoms with E-state index in [1.165, 1.54) is 0 Å². The van der Waals surface area contributed by atoms with Gasteiger partial charge < -0.3 is 14.8 Å². The maximum absolute atomic E-state index is 5.76. The lowest BCUT2D eigenvalue weighted by atomic mass is 10.2. The number of ether oxygens (including phenoxy) is 2. The average molecular weight is 385 g/mol. The van der Waals surface area contributed by atoms with Gasteiger partial charge in [0.15, 0.2) is 0 Å². The lowest BCUT2D eigenvalue weighted by molar-refractivity contribution is 0.292. The summed E-state index contributed by atoms with van der Waals surface area (Å²) in [5.41, 5.74) is 2.90. The molecule has 0 saturated carbocycles. The lowest BCUT2D eigenvalue weighted by Gasteiger charge is -2.11. The molecule has 3 aromatic rings. The molecule has 4 nitrogen and oxygen atoms in total. The first kappa shape index (κ1) is 16.3. The Morgan fingerprint density at radius 2 is 1.83 bits per heavy atom. The largest absolute Gasteiger partial charge is 0.497 e. The van der Waals surface area contributed by atoms with E-state index in [0.717, 1.165) is 27.2 Å². The van der Waals surface area contributed by atoms with Crippen molar-refractivity contribution in [1.82, 2.24) is 4.98 Å². The third-order valence-electron chi connectivity index (χ3n) is 3.38. The molecule has 0 atom stereocenters. The first-order valence-corrected chi connectivity index (χ1v) is 8.27. The van der Waals surface area contributed by atoms with Crippen LogP contribution in [0.15, 0.2) is 71.3 Å². The topological polar surface area (TPSA) is 43.4 Å². The van der Waals surface area contributed by atoms with Crippen LogP contribution in [0.2, 0.25) is 0 Å². The molecule has 0 fully saturated rings. The summed E-state index contributed by atoms with van der Waals surface area (Å²) >= 11 is 3.51. The number of nitrogens with one attached hydrogen (secondary N) is 1. The van der Waals surface area contributed by atoms with Gasteiger partial charge in [0.1, 0.15) is 12.4 Å². The minimum absolute atomic E-state index is 0.481. The van der Waals surface area contributed by atoms with E-state index in [2.05, 4.69) is 26.2 Å². The molecule has 2 aromatic carbocycles. The molecule has 0 unspecified atom stereocenters. The van der Waals surface area contributed by atoms with E-state index in [9.17, 15) is 0 Å². The van der Waals surface area contributed by atoms with Gasteiger partial charge in [0.2, 0.25) is 5.88 Å². The molecule has 5 heteroatoms. The van der Waals surface area contributed by atoms with Crippen molar-refractivity contribution in [3.63, 3.8) is 0 Å². The zero-order valence-electron chi connectivity index (χ0n) is 13.2. The summed E-state index contributed by atoms with van der Waals surface area (Å²) in [6, 6.07) is 19.7. The maximum Gasteiger partial charge on any atom is 0.228 e. The quantitative estimate of drug-likeness (QED) is 0.635. The summed E-state index contributed by atoms with van der Waals surface area (Å²) in [5, 5.41) is 3.29. The summed E-state index contributed by atoms with van der Waals surface area (Å²) in [6.45, 7) is 0.481. The van der Waals surface area contributed by atoms with Gasteiger partial charge >= 0.3 is 0 Å². The van der Waals surface area contributed by atoms with Crippen LogP contribution in [0.1, 0.15) is 5.56 Å². The molecular formula is C19H17BrN2O2. The van der Waals surface area contributed by atoms with Crippen molar-refractivity contribution in [2.24, 2.45) is 0 Å². The van der Waals surface area contributed by atoms with E-state index in [1.54, 1.807) is 13.3 Å². The van der Waals surface area contributed by atoms with Crippen molar-refractivity contribution in [2.75, 3.05) is 12.4 Å². The second-order valence-electron chi connectivity index (χ2n) is 5.14. The number of anilines is 2. The number of nitrogens with zero attached hydrogens (tertiary/aromatic N) is 1. The molecule has 122 valence electrons. The molecule has 0 aliphatic rings. The van der Waals surface area contributed by atoms with Gasteiger partial charge in [-0.05, 0) is 39.7 Å². The van der Waals surface area contributed by atoms with Crippen molar-refractivity contribution in [3.05, 3.63) is 76.9 Å². The van der Waals surface area contributed by atoms with Crippen LogP contribution in [0.4, 0.5) is 11.4 Å². The van der Waals surface area contributed by atoms with E-state index < -0.39 is 0 Å². The van der Waals surface area contributed by atoms with Gasteiger partial charge in [0, 0.05) is 11.8 Å². The molecule has 0 aliphatic heterocycles. The Balaban J connectivity index is 1.67. The molecule has 3 rings (SSSR count). The second-order valence-corrected chi connectivity index (χ2v) is 6.00. The molecule has 1 heterocycles. The van der Waals surface area contributed by atoms with Gasteiger partial charge in [-0.15, -0.1) is 0 Å². The summed E-state index contributed by atoms with van der Waals surface area (Å²) in [4.78, 5) is 4.37. The molecule has 0 spiro atoms. The molecule has 0 radical (unpaired) electrons. The summed E-state index contributed by atoms with van der Waals surface area (Å²) < 4.78 is 11.8. The van der Waals surface area contributed by atoms with Crippen molar-refractivity contribution < 1.29 is 9.47 Å². The normalized spacial score (nSPS) is 10.2. The third kappa shape index (κ3) is 4.26. The third-order valence-corrected chi connectivity index (χ3v) is 3.95. The number of rotatable bonds is 6. The zero-order chi connectivity index (χ0) is 16.8. The number of benzene rings is 2. The highest BCUT2D eigenvalue weighted by molar-refractivity contribution is 9.10. The van der Waals surface area contributed by atoms with Gasteiger partial charge in [-0.1, -0.05) is 36.4 Å². The fraction of sp³-hybridized carbons (Fsp3) is 0.105. The van der Waals surface area contributed by atoms with E-state index in [0.29, 0.717) is 12.5 Å². The van der Waals surface area contributed by atoms with Gasteiger partial charge in [0.25, 0.3) is 0 Å². The number of halogens is 1. The number of aromatic nitrogens is 1. The highest BCUT2D eigenvalue weighted by atomic mass is 79.9. The minimum atomic E-state index is 0.481. The molecule has 1 aromatic heterocycles. The van der Waals surface area contributed by atoms with Gasteiger partial charge in [0.05, 0.1) is 23.5 Å². The molecular weight excluding hydrogens is 368 g/mol. The van der Waals surface area contributed by atoms with Crippen LogP contribution in [-0.2, 0) is 6.61 Å². The van der Waals surface area contributed by atoms with Crippen LogP contribution in [0.25, 0.3) is 0 Å². The summed E-state index contributed by atoms with van der Waals surface area (Å²) in [7, 11) is 1.65. The highest BCUT2D eigenvalue weighted by Crippen LogP contribution is 2.28. The Labute approximate surface area is 149 Å². The van der Waals surface area contributed by atoms with E-state index >= 15 is 0 Å². The maximum atomic E-state index is 5.76. The smallest absolute Gasteiger partial charge is 0.228 e. The summed E-state index contributed by atoms with van der Waals surface area (Å²) in [5.74, 6) is 1.37. The van der Waals surface area contributed by atoms with Gasteiger partial charge in [-0.25, -0.2) is 4.98 Å². The molecule has 0 amide bonds. The van der Waals surface area contributed by atoms with Crippen LogP contribution >= 0.6 is 15.9 Å². The van der Waals surface area contributed by atoms with E-state index in [4.69, 9.17) is 9.47 Å².